The highest BCUT2D eigenvalue weighted by atomic mass is 32.2. The topological polar surface area (TPSA) is 84.0 Å². The lowest BCUT2D eigenvalue weighted by Crippen LogP contribution is -2.40. The number of carbonyl (C=O) groups excluding carboxylic acids is 2. The maximum absolute atomic E-state index is 12.6. The fourth-order valence-electron chi connectivity index (χ4n) is 3.15. The van der Waals surface area contributed by atoms with E-state index in [1.165, 1.54) is 23.5 Å². The third-order valence-corrected chi connectivity index (χ3v) is 6.83. The van der Waals surface area contributed by atoms with E-state index in [1.54, 1.807) is 30.9 Å². The molecule has 0 N–H and O–H groups in total. The number of likely N-dealkylation sites (tertiary alicyclic amines) is 1. The maximum Gasteiger partial charge on any atom is 0.308 e. The monoisotopic (exact) mass is 382 g/mol. The minimum atomic E-state index is -3.53. The van der Waals surface area contributed by atoms with Crippen LogP contribution in [0.2, 0.25) is 0 Å². The summed E-state index contributed by atoms with van der Waals surface area (Å²) < 4.78 is 31.1. The highest BCUT2D eigenvalue weighted by Crippen LogP contribution is 2.21. The first-order chi connectivity index (χ1) is 12.3. The highest BCUT2D eigenvalue weighted by molar-refractivity contribution is 7.89. The molecule has 1 saturated heterocycles. The molecule has 0 bridgehead atoms. The predicted octanol–water partition coefficient (Wildman–Crippen LogP) is 1.74. The van der Waals surface area contributed by atoms with Gasteiger partial charge in [-0.25, -0.2) is 8.42 Å². The molecule has 1 amide bonds. The van der Waals surface area contributed by atoms with E-state index in [2.05, 4.69) is 0 Å². The Morgan fingerprint density at radius 1 is 1.12 bits per heavy atom. The number of amides is 1. The van der Waals surface area contributed by atoms with E-state index in [9.17, 15) is 18.0 Å². The molecule has 1 aromatic rings. The summed E-state index contributed by atoms with van der Waals surface area (Å²) in [5, 5.41) is 0. The van der Waals surface area contributed by atoms with Crippen LogP contribution in [0.5, 0.6) is 0 Å². The summed E-state index contributed by atoms with van der Waals surface area (Å²) in [4.78, 5) is 26.0. The Balaban J connectivity index is 2.07. The molecule has 0 atom stereocenters. The van der Waals surface area contributed by atoms with Crippen LogP contribution in [0.25, 0.3) is 0 Å². The van der Waals surface area contributed by atoms with E-state index in [4.69, 9.17) is 4.74 Å². The highest BCUT2D eigenvalue weighted by Gasteiger charge is 2.28. The second-order valence-electron chi connectivity index (χ2n) is 6.20. The van der Waals surface area contributed by atoms with Crippen LogP contribution in [0.1, 0.15) is 37.0 Å². The number of rotatable bonds is 6. The minimum Gasteiger partial charge on any atom is -0.469 e. The number of ether oxygens (including phenoxy) is 1. The van der Waals surface area contributed by atoms with Gasteiger partial charge in [0, 0.05) is 31.7 Å². The lowest BCUT2D eigenvalue weighted by Gasteiger charge is -2.30. The molecule has 7 nitrogen and oxygen atoms in total. The third-order valence-electron chi connectivity index (χ3n) is 4.76. The summed E-state index contributed by atoms with van der Waals surface area (Å²) in [7, 11) is -2.16. The summed E-state index contributed by atoms with van der Waals surface area (Å²) >= 11 is 0. The average molecular weight is 382 g/mol. The smallest absolute Gasteiger partial charge is 0.308 e. The molecule has 2 rings (SSSR count). The molecule has 0 saturated carbocycles. The number of hydrogen-bond acceptors (Lipinski definition) is 5. The van der Waals surface area contributed by atoms with Crippen molar-refractivity contribution in [3.05, 3.63) is 29.8 Å². The lowest BCUT2D eigenvalue weighted by atomic mass is 9.96. The van der Waals surface area contributed by atoms with E-state index in [1.807, 2.05) is 0 Å². The van der Waals surface area contributed by atoms with Crippen molar-refractivity contribution >= 4 is 21.9 Å². The molecule has 0 aromatic heterocycles. The minimum absolute atomic E-state index is 0.153. The second-order valence-corrected chi connectivity index (χ2v) is 8.14. The first-order valence-electron chi connectivity index (χ1n) is 8.82. The third kappa shape index (κ3) is 4.24. The molecule has 0 aliphatic carbocycles. The predicted molar refractivity (Wildman–Crippen MR) is 97.2 cm³/mol. The number of hydrogen-bond donors (Lipinski definition) is 0. The molecule has 1 heterocycles. The van der Waals surface area contributed by atoms with E-state index in [0.717, 1.165) is 0 Å². The second kappa shape index (κ2) is 8.64. The maximum atomic E-state index is 12.6. The number of piperidine rings is 1. The first kappa shape index (κ1) is 20.4. The van der Waals surface area contributed by atoms with Crippen molar-refractivity contribution in [1.82, 2.24) is 9.21 Å². The number of esters is 1. The molecular formula is C18H26N2O5S. The van der Waals surface area contributed by atoms with Gasteiger partial charge in [0.2, 0.25) is 10.0 Å². The molecule has 1 fully saturated rings. The van der Waals surface area contributed by atoms with Crippen molar-refractivity contribution in [3.8, 4) is 0 Å². The van der Waals surface area contributed by atoms with E-state index >= 15 is 0 Å². The van der Waals surface area contributed by atoms with Gasteiger partial charge >= 0.3 is 5.97 Å². The zero-order valence-electron chi connectivity index (χ0n) is 15.5. The molecule has 1 aliphatic heterocycles. The Labute approximate surface area is 155 Å². The number of methoxy groups -OCH3 is 1. The molecule has 1 aromatic carbocycles. The van der Waals surface area contributed by atoms with Crippen molar-refractivity contribution in [3.63, 3.8) is 0 Å². The molecule has 144 valence electrons. The Hall–Kier alpha value is -1.93. The van der Waals surface area contributed by atoms with Gasteiger partial charge in [-0.1, -0.05) is 13.8 Å². The Bertz CT molecular complexity index is 733. The van der Waals surface area contributed by atoms with Crippen molar-refractivity contribution in [2.24, 2.45) is 5.92 Å². The van der Waals surface area contributed by atoms with Gasteiger partial charge in [-0.2, -0.15) is 4.31 Å². The van der Waals surface area contributed by atoms with Crippen molar-refractivity contribution in [2.45, 2.75) is 31.6 Å². The fourth-order valence-corrected chi connectivity index (χ4v) is 4.61. The number of sulfonamides is 1. The number of carbonyl (C=O) groups is 2. The fraction of sp³-hybridized carbons (Fsp3) is 0.556. The zero-order valence-corrected chi connectivity index (χ0v) is 16.3. The number of nitrogens with zero attached hydrogens (tertiary/aromatic N) is 2. The first-order valence-corrected chi connectivity index (χ1v) is 10.3. The van der Waals surface area contributed by atoms with E-state index in [0.29, 0.717) is 44.6 Å². The molecule has 0 radical (unpaired) electrons. The summed E-state index contributed by atoms with van der Waals surface area (Å²) in [5.41, 5.74) is 0.444. The SMILES string of the molecule is CCN(CC)S(=O)(=O)c1ccc(C(=O)N2CCC(C(=O)OC)CC2)cc1. The van der Waals surface area contributed by atoms with Crippen LogP contribution in [-0.2, 0) is 19.6 Å². The van der Waals surface area contributed by atoms with E-state index < -0.39 is 10.0 Å². The van der Waals surface area contributed by atoms with Gasteiger partial charge in [0.05, 0.1) is 17.9 Å². The van der Waals surface area contributed by atoms with Crippen LogP contribution >= 0.6 is 0 Å². The van der Waals surface area contributed by atoms with Crippen LogP contribution in [0.3, 0.4) is 0 Å². The largest absolute Gasteiger partial charge is 0.469 e. The van der Waals surface area contributed by atoms with Gasteiger partial charge in [-0.3, -0.25) is 9.59 Å². The normalized spacial score (nSPS) is 15.9. The van der Waals surface area contributed by atoms with Gasteiger partial charge in [-0.15, -0.1) is 0 Å². The van der Waals surface area contributed by atoms with Crippen LogP contribution in [0.4, 0.5) is 0 Å². The van der Waals surface area contributed by atoms with Gasteiger partial charge in [0.1, 0.15) is 0 Å². The van der Waals surface area contributed by atoms with Crippen LogP contribution in [0.15, 0.2) is 29.2 Å². The molecular weight excluding hydrogens is 356 g/mol. The molecule has 0 unspecified atom stereocenters. The lowest BCUT2D eigenvalue weighted by molar-refractivity contribution is -0.146. The van der Waals surface area contributed by atoms with Crippen LogP contribution in [0, 0.1) is 5.92 Å². The van der Waals surface area contributed by atoms with Crippen molar-refractivity contribution in [2.75, 3.05) is 33.3 Å². The summed E-state index contributed by atoms with van der Waals surface area (Å²) in [6.07, 6.45) is 1.15. The van der Waals surface area contributed by atoms with Crippen LogP contribution in [-0.4, -0.2) is 62.8 Å². The zero-order chi connectivity index (χ0) is 19.3. The van der Waals surface area contributed by atoms with Crippen molar-refractivity contribution < 1.29 is 22.7 Å². The summed E-state index contributed by atoms with van der Waals surface area (Å²) in [5.74, 6) is -0.547. The van der Waals surface area contributed by atoms with Gasteiger partial charge in [0.15, 0.2) is 0 Å². The quantitative estimate of drug-likeness (QED) is 0.700. The molecule has 8 heteroatoms. The van der Waals surface area contributed by atoms with Crippen LogP contribution < -0.4 is 0 Å². The molecule has 26 heavy (non-hydrogen) atoms. The standard InChI is InChI=1S/C18H26N2O5S/c1-4-20(5-2)26(23,24)16-8-6-14(7-9-16)17(21)19-12-10-15(11-13-19)18(22)25-3/h6-9,15H,4-5,10-13H2,1-3H3. The summed E-state index contributed by atoms with van der Waals surface area (Å²) in [6, 6.07) is 6.04. The van der Waals surface area contributed by atoms with Gasteiger partial charge in [0.25, 0.3) is 5.91 Å². The Morgan fingerprint density at radius 2 is 1.65 bits per heavy atom. The molecule has 0 spiro atoms. The average Bonchev–Trinajstić information content (AvgIpc) is 2.67. The van der Waals surface area contributed by atoms with Gasteiger partial charge < -0.3 is 9.64 Å². The van der Waals surface area contributed by atoms with Crippen molar-refractivity contribution in [1.29, 1.82) is 0 Å². The molecule has 1 aliphatic rings. The van der Waals surface area contributed by atoms with Gasteiger partial charge in [-0.05, 0) is 37.1 Å². The van der Waals surface area contributed by atoms with E-state index in [-0.39, 0.29) is 22.7 Å². The number of benzene rings is 1. The Kier molecular flexibility index (Phi) is 6.77. The summed E-state index contributed by atoms with van der Waals surface area (Å²) in [6.45, 7) is 5.34. The Morgan fingerprint density at radius 3 is 2.12 bits per heavy atom.